The molecule has 0 radical (unpaired) electrons. The average Bonchev–Trinajstić information content (AvgIpc) is 3.06. The fourth-order valence-electron chi connectivity index (χ4n) is 1.41. The average molecular weight is 241 g/mol. The van der Waals surface area contributed by atoms with E-state index in [1.165, 1.54) is 12.3 Å². The van der Waals surface area contributed by atoms with Crippen LogP contribution in [0.1, 0.15) is 11.5 Å². The highest BCUT2D eigenvalue weighted by atomic mass is 16.3. The van der Waals surface area contributed by atoms with Crippen molar-refractivity contribution in [1.82, 2.24) is 10.3 Å². The summed E-state index contributed by atoms with van der Waals surface area (Å²) in [4.78, 5) is 14.6. The Morgan fingerprint density at radius 1 is 1.50 bits per heavy atom. The molecule has 18 heavy (non-hydrogen) atoms. The molecule has 0 aliphatic rings. The van der Waals surface area contributed by atoms with Gasteiger partial charge in [0.05, 0.1) is 12.8 Å². The van der Waals surface area contributed by atoms with Crippen LogP contribution in [-0.4, -0.2) is 10.9 Å². The van der Waals surface area contributed by atoms with Gasteiger partial charge in [-0.25, -0.2) is 0 Å². The molecule has 2 aromatic heterocycles. The molecular formula is C13H11N3O2. The Kier molecular flexibility index (Phi) is 3.62. The molecule has 0 spiro atoms. The van der Waals surface area contributed by atoms with Crippen LogP contribution in [0.2, 0.25) is 0 Å². The number of amides is 1. The van der Waals surface area contributed by atoms with Gasteiger partial charge < -0.3 is 14.7 Å². The van der Waals surface area contributed by atoms with Gasteiger partial charge in [0.1, 0.15) is 17.4 Å². The van der Waals surface area contributed by atoms with Gasteiger partial charge in [-0.1, -0.05) is 0 Å². The minimum absolute atomic E-state index is 0.0454. The molecule has 0 fully saturated rings. The molecule has 0 bridgehead atoms. The third-order valence-corrected chi connectivity index (χ3v) is 2.29. The van der Waals surface area contributed by atoms with Crippen molar-refractivity contribution in [3.05, 3.63) is 53.8 Å². The first-order valence-electron chi connectivity index (χ1n) is 5.35. The predicted molar refractivity (Wildman–Crippen MR) is 64.9 cm³/mol. The van der Waals surface area contributed by atoms with Crippen molar-refractivity contribution < 1.29 is 9.21 Å². The predicted octanol–water partition coefficient (Wildman–Crippen LogP) is 1.83. The number of rotatable bonds is 4. The van der Waals surface area contributed by atoms with Crippen LogP contribution < -0.4 is 5.32 Å². The van der Waals surface area contributed by atoms with Crippen LogP contribution >= 0.6 is 0 Å². The summed E-state index contributed by atoms with van der Waals surface area (Å²) >= 11 is 0. The number of hydrogen-bond donors (Lipinski definition) is 2. The van der Waals surface area contributed by atoms with E-state index in [2.05, 4.69) is 10.3 Å². The maximum atomic E-state index is 11.7. The van der Waals surface area contributed by atoms with Gasteiger partial charge >= 0.3 is 0 Å². The highest BCUT2D eigenvalue weighted by Crippen LogP contribution is 2.05. The van der Waals surface area contributed by atoms with Crippen molar-refractivity contribution in [2.24, 2.45) is 0 Å². The lowest BCUT2D eigenvalue weighted by molar-refractivity contribution is -0.117. The van der Waals surface area contributed by atoms with Crippen molar-refractivity contribution in [3.63, 3.8) is 0 Å². The number of nitriles is 1. The quantitative estimate of drug-likeness (QED) is 0.632. The van der Waals surface area contributed by atoms with Gasteiger partial charge in [0.25, 0.3) is 5.91 Å². The van der Waals surface area contributed by atoms with Crippen molar-refractivity contribution in [1.29, 1.82) is 5.26 Å². The molecule has 2 rings (SSSR count). The summed E-state index contributed by atoms with van der Waals surface area (Å²) in [6.07, 6.45) is 4.75. The maximum absolute atomic E-state index is 11.7. The first kappa shape index (κ1) is 11.7. The summed E-state index contributed by atoms with van der Waals surface area (Å²) < 4.78 is 5.08. The van der Waals surface area contributed by atoms with Crippen LogP contribution in [-0.2, 0) is 11.3 Å². The molecule has 0 atom stereocenters. The molecule has 0 unspecified atom stereocenters. The van der Waals surface area contributed by atoms with Crippen LogP contribution in [0.15, 0.2) is 46.7 Å². The molecule has 2 aromatic rings. The Bertz CT molecular complexity index is 574. The zero-order chi connectivity index (χ0) is 12.8. The lowest BCUT2D eigenvalue weighted by atomic mass is 10.2. The Balaban J connectivity index is 2.00. The molecule has 0 aliphatic heterocycles. The number of nitrogens with one attached hydrogen (secondary N) is 2. The molecule has 5 nitrogen and oxygen atoms in total. The topological polar surface area (TPSA) is 81.8 Å². The molecule has 0 aliphatic carbocycles. The Labute approximate surface area is 104 Å². The summed E-state index contributed by atoms with van der Waals surface area (Å²) in [5.41, 5.74) is 0.753. The van der Waals surface area contributed by atoms with Crippen LogP contribution in [0.3, 0.4) is 0 Å². The third kappa shape index (κ3) is 2.89. The van der Waals surface area contributed by atoms with E-state index in [0.29, 0.717) is 11.5 Å². The van der Waals surface area contributed by atoms with Gasteiger partial charge in [0, 0.05) is 11.9 Å². The van der Waals surface area contributed by atoms with Crippen LogP contribution in [0, 0.1) is 11.3 Å². The zero-order valence-corrected chi connectivity index (χ0v) is 9.51. The van der Waals surface area contributed by atoms with Gasteiger partial charge in [0.2, 0.25) is 0 Å². The molecule has 5 heteroatoms. The van der Waals surface area contributed by atoms with Crippen LogP contribution in [0.4, 0.5) is 0 Å². The molecule has 90 valence electrons. The Morgan fingerprint density at radius 3 is 3.00 bits per heavy atom. The molecule has 0 aromatic carbocycles. The first-order chi connectivity index (χ1) is 8.79. The molecule has 1 amide bonds. The number of aromatic nitrogens is 1. The summed E-state index contributed by atoms with van der Waals surface area (Å²) in [5, 5.41) is 11.5. The van der Waals surface area contributed by atoms with E-state index in [1.54, 1.807) is 30.5 Å². The second-order valence-electron chi connectivity index (χ2n) is 3.56. The van der Waals surface area contributed by atoms with Crippen LogP contribution in [0.25, 0.3) is 6.08 Å². The van der Waals surface area contributed by atoms with E-state index in [-0.39, 0.29) is 12.1 Å². The molecule has 0 saturated carbocycles. The number of carbonyl (C=O) groups is 1. The SMILES string of the molecule is N#C/C(=C/c1ccc[nH]1)C(=O)NCc1ccco1. The minimum atomic E-state index is -0.427. The second-order valence-corrected chi connectivity index (χ2v) is 3.56. The number of aromatic amines is 1. The number of hydrogen-bond acceptors (Lipinski definition) is 3. The highest BCUT2D eigenvalue weighted by Gasteiger charge is 2.09. The van der Waals surface area contributed by atoms with E-state index < -0.39 is 5.91 Å². The van der Waals surface area contributed by atoms with Gasteiger partial charge in [0.15, 0.2) is 0 Å². The van der Waals surface area contributed by atoms with Gasteiger partial charge in [-0.3, -0.25) is 4.79 Å². The first-order valence-corrected chi connectivity index (χ1v) is 5.35. The Morgan fingerprint density at radius 2 is 2.39 bits per heavy atom. The monoisotopic (exact) mass is 241 g/mol. The second kappa shape index (κ2) is 5.55. The molecule has 2 heterocycles. The number of carbonyl (C=O) groups excluding carboxylic acids is 1. The van der Waals surface area contributed by atoms with Crippen LogP contribution in [0.5, 0.6) is 0 Å². The third-order valence-electron chi connectivity index (χ3n) is 2.29. The van der Waals surface area contributed by atoms with Gasteiger partial charge in [-0.2, -0.15) is 5.26 Å². The lowest BCUT2D eigenvalue weighted by Crippen LogP contribution is -2.23. The van der Waals surface area contributed by atoms with Crippen molar-refractivity contribution in [2.45, 2.75) is 6.54 Å². The smallest absolute Gasteiger partial charge is 0.262 e. The van der Waals surface area contributed by atoms with Crippen molar-refractivity contribution in [2.75, 3.05) is 0 Å². The van der Waals surface area contributed by atoms with E-state index in [9.17, 15) is 4.79 Å². The normalized spacial score (nSPS) is 10.9. The Hall–Kier alpha value is -2.74. The molecule has 0 saturated heterocycles. The summed E-state index contributed by atoms with van der Waals surface area (Å²) in [5.74, 6) is 0.212. The minimum Gasteiger partial charge on any atom is -0.467 e. The summed E-state index contributed by atoms with van der Waals surface area (Å²) in [6, 6.07) is 8.93. The van der Waals surface area contributed by atoms with E-state index in [4.69, 9.17) is 9.68 Å². The summed E-state index contributed by atoms with van der Waals surface area (Å²) in [7, 11) is 0. The fraction of sp³-hybridized carbons (Fsp3) is 0.0769. The largest absolute Gasteiger partial charge is 0.467 e. The van der Waals surface area contributed by atoms with E-state index in [0.717, 1.165) is 0 Å². The standard InChI is InChI=1S/C13H11N3O2/c14-8-10(7-11-3-1-5-15-11)13(17)16-9-12-4-2-6-18-12/h1-7,15H,9H2,(H,16,17)/b10-7-. The molecular weight excluding hydrogens is 230 g/mol. The number of nitrogens with zero attached hydrogens (tertiary/aromatic N) is 1. The number of furan rings is 1. The fourth-order valence-corrected chi connectivity index (χ4v) is 1.41. The number of H-pyrrole nitrogens is 1. The van der Waals surface area contributed by atoms with Crippen molar-refractivity contribution >= 4 is 12.0 Å². The van der Waals surface area contributed by atoms with Crippen molar-refractivity contribution in [3.8, 4) is 6.07 Å². The van der Waals surface area contributed by atoms with Gasteiger partial charge in [-0.15, -0.1) is 0 Å². The molecule has 2 N–H and O–H groups in total. The van der Waals surface area contributed by atoms with E-state index >= 15 is 0 Å². The van der Waals surface area contributed by atoms with E-state index in [1.807, 2.05) is 6.07 Å². The summed E-state index contributed by atoms with van der Waals surface area (Å²) in [6.45, 7) is 0.260. The maximum Gasteiger partial charge on any atom is 0.262 e. The lowest BCUT2D eigenvalue weighted by Gasteiger charge is -2.01. The zero-order valence-electron chi connectivity index (χ0n) is 9.51. The highest BCUT2D eigenvalue weighted by molar-refractivity contribution is 6.01. The van der Waals surface area contributed by atoms with Gasteiger partial charge in [-0.05, 0) is 30.3 Å².